The van der Waals surface area contributed by atoms with Gasteiger partial charge >= 0.3 is 0 Å². The van der Waals surface area contributed by atoms with Crippen LogP contribution in [0.4, 0.5) is 0 Å². The fourth-order valence-corrected chi connectivity index (χ4v) is 2.32. The number of aryl methyl sites for hydroxylation is 2. The zero-order valence-electron chi connectivity index (χ0n) is 11.6. The minimum atomic E-state index is -0.0449. The minimum Gasteiger partial charge on any atom is -0.355 e. The number of aromatic nitrogens is 2. The topological polar surface area (TPSA) is 78.7 Å². The molecule has 1 amide bonds. The summed E-state index contributed by atoms with van der Waals surface area (Å²) >= 11 is 1.27. The number of nitriles is 1. The minimum absolute atomic E-state index is 0.0449. The zero-order chi connectivity index (χ0) is 14.4. The molecule has 1 aromatic rings. The van der Waals surface area contributed by atoms with Crippen LogP contribution >= 0.6 is 11.8 Å². The quantitative estimate of drug-likeness (QED) is 0.656. The fraction of sp³-hybridized carbons (Fsp3) is 0.538. The lowest BCUT2D eigenvalue weighted by Crippen LogP contribution is -2.28. The Labute approximate surface area is 117 Å². The van der Waals surface area contributed by atoms with Gasteiger partial charge in [-0.25, -0.2) is 9.97 Å². The monoisotopic (exact) mass is 278 g/mol. The van der Waals surface area contributed by atoms with Gasteiger partial charge in [-0.05, 0) is 19.8 Å². The summed E-state index contributed by atoms with van der Waals surface area (Å²) in [5, 5.41) is 12.5. The molecule has 6 heteroatoms. The number of carbonyl (C=O) groups excluding carboxylic acids is 1. The van der Waals surface area contributed by atoms with E-state index in [0.717, 1.165) is 0 Å². The molecule has 1 aromatic heterocycles. The highest BCUT2D eigenvalue weighted by atomic mass is 32.2. The largest absolute Gasteiger partial charge is 0.355 e. The number of carbonyl (C=O) groups is 1. The maximum Gasteiger partial charge on any atom is 0.230 e. The van der Waals surface area contributed by atoms with Crippen LogP contribution in [0.5, 0.6) is 0 Å². The zero-order valence-corrected chi connectivity index (χ0v) is 12.5. The summed E-state index contributed by atoms with van der Waals surface area (Å²) < 4.78 is 0. The van der Waals surface area contributed by atoms with E-state index >= 15 is 0 Å². The van der Waals surface area contributed by atoms with Crippen molar-refractivity contribution < 1.29 is 4.79 Å². The van der Waals surface area contributed by atoms with Gasteiger partial charge in [-0.15, -0.1) is 0 Å². The Bertz CT molecular complexity index is 508. The van der Waals surface area contributed by atoms with Crippen LogP contribution in [0.25, 0.3) is 0 Å². The molecular formula is C13H18N4OS. The van der Waals surface area contributed by atoms with E-state index in [2.05, 4.69) is 21.4 Å². The summed E-state index contributed by atoms with van der Waals surface area (Å²) in [6, 6.07) is 2.09. The van der Waals surface area contributed by atoms with Crippen molar-refractivity contribution in [3.63, 3.8) is 0 Å². The molecule has 0 bridgehead atoms. The number of thioether (sulfide) groups is 1. The van der Waals surface area contributed by atoms with Gasteiger partial charge in [0, 0.05) is 6.54 Å². The summed E-state index contributed by atoms with van der Waals surface area (Å²) in [5.41, 5.74) is 1.10. The average Bonchev–Trinajstić information content (AvgIpc) is 2.33. The number of amides is 1. The number of hydrogen-bond donors (Lipinski definition) is 1. The first-order chi connectivity index (χ1) is 8.93. The van der Waals surface area contributed by atoms with Gasteiger partial charge < -0.3 is 5.32 Å². The molecule has 0 aromatic carbocycles. The van der Waals surface area contributed by atoms with E-state index in [4.69, 9.17) is 5.26 Å². The van der Waals surface area contributed by atoms with E-state index in [1.807, 2.05) is 13.8 Å². The van der Waals surface area contributed by atoms with E-state index in [1.54, 1.807) is 13.8 Å². The first kappa shape index (κ1) is 15.4. The predicted molar refractivity (Wildman–Crippen MR) is 74.8 cm³/mol. The molecule has 19 heavy (non-hydrogen) atoms. The molecule has 0 saturated heterocycles. The number of hydrogen-bond acceptors (Lipinski definition) is 5. The maximum atomic E-state index is 11.6. The molecule has 0 saturated carbocycles. The fourth-order valence-electron chi connectivity index (χ4n) is 1.42. The van der Waals surface area contributed by atoms with E-state index in [9.17, 15) is 4.79 Å². The Kier molecular flexibility index (Phi) is 5.77. The molecule has 1 rings (SSSR count). The first-order valence-corrected chi connectivity index (χ1v) is 7.07. The second-order valence-corrected chi connectivity index (χ2v) is 5.60. The lowest BCUT2D eigenvalue weighted by Gasteiger charge is -2.08. The molecular weight excluding hydrogens is 260 g/mol. The summed E-state index contributed by atoms with van der Waals surface area (Å²) in [6.45, 7) is 8.29. The summed E-state index contributed by atoms with van der Waals surface area (Å²) in [7, 11) is 0. The summed E-state index contributed by atoms with van der Waals surface area (Å²) in [4.78, 5) is 20.0. The molecule has 1 heterocycles. The molecule has 1 N–H and O–H groups in total. The summed E-state index contributed by atoms with van der Waals surface area (Å²) in [6.07, 6.45) is 0. The maximum absolute atomic E-state index is 11.6. The lowest BCUT2D eigenvalue weighted by molar-refractivity contribution is -0.118. The van der Waals surface area contributed by atoms with Gasteiger partial charge in [0.25, 0.3) is 0 Å². The van der Waals surface area contributed by atoms with Crippen molar-refractivity contribution in [1.82, 2.24) is 15.3 Å². The van der Waals surface area contributed by atoms with Crippen LogP contribution in [0.15, 0.2) is 5.03 Å². The van der Waals surface area contributed by atoms with Crippen LogP contribution in [0, 0.1) is 31.1 Å². The van der Waals surface area contributed by atoms with Crippen molar-refractivity contribution >= 4 is 17.7 Å². The Hall–Kier alpha value is -1.61. The van der Waals surface area contributed by atoms with E-state index in [1.165, 1.54) is 11.8 Å². The number of nitrogens with zero attached hydrogens (tertiary/aromatic N) is 3. The predicted octanol–water partition coefficient (Wildman–Crippen LogP) is 1.83. The number of nitrogens with one attached hydrogen (secondary N) is 1. The van der Waals surface area contributed by atoms with Crippen molar-refractivity contribution in [3.05, 3.63) is 17.1 Å². The SMILES string of the molecule is Cc1nc(C)c(C#N)c(SCC(=O)NCC(C)C)n1. The van der Waals surface area contributed by atoms with Gasteiger partial charge in [-0.3, -0.25) is 4.79 Å². The molecule has 5 nitrogen and oxygen atoms in total. The molecule has 0 aliphatic carbocycles. The highest BCUT2D eigenvalue weighted by Crippen LogP contribution is 2.21. The van der Waals surface area contributed by atoms with E-state index in [0.29, 0.717) is 34.6 Å². The van der Waals surface area contributed by atoms with Gasteiger partial charge in [0.05, 0.1) is 11.4 Å². The molecule has 0 atom stereocenters. The summed E-state index contributed by atoms with van der Waals surface area (Å²) in [5.74, 6) is 1.25. The number of rotatable bonds is 5. The second kappa shape index (κ2) is 7.10. The van der Waals surface area contributed by atoms with Crippen molar-refractivity contribution in [3.8, 4) is 6.07 Å². The van der Waals surface area contributed by atoms with Crippen molar-refractivity contribution in [2.45, 2.75) is 32.7 Å². The van der Waals surface area contributed by atoms with Crippen molar-refractivity contribution in [2.24, 2.45) is 5.92 Å². The highest BCUT2D eigenvalue weighted by molar-refractivity contribution is 8.00. The van der Waals surface area contributed by atoms with E-state index in [-0.39, 0.29) is 11.7 Å². The van der Waals surface area contributed by atoms with E-state index < -0.39 is 0 Å². The van der Waals surface area contributed by atoms with Crippen molar-refractivity contribution in [2.75, 3.05) is 12.3 Å². The first-order valence-electron chi connectivity index (χ1n) is 6.09. The van der Waals surface area contributed by atoms with Crippen LogP contribution in [0.2, 0.25) is 0 Å². The Morgan fingerprint density at radius 3 is 2.68 bits per heavy atom. The molecule has 0 unspecified atom stereocenters. The van der Waals surface area contributed by atoms with Gasteiger partial charge in [-0.1, -0.05) is 25.6 Å². The second-order valence-electron chi connectivity index (χ2n) is 4.63. The third kappa shape index (κ3) is 4.87. The smallest absolute Gasteiger partial charge is 0.230 e. The highest BCUT2D eigenvalue weighted by Gasteiger charge is 2.12. The lowest BCUT2D eigenvalue weighted by atomic mass is 10.2. The van der Waals surface area contributed by atoms with Gasteiger partial charge in [0.15, 0.2) is 0 Å². The van der Waals surface area contributed by atoms with Crippen molar-refractivity contribution in [1.29, 1.82) is 5.26 Å². The Morgan fingerprint density at radius 2 is 2.11 bits per heavy atom. The Morgan fingerprint density at radius 1 is 1.42 bits per heavy atom. The van der Waals surface area contributed by atoms with Gasteiger partial charge in [0.1, 0.15) is 22.5 Å². The third-order valence-electron chi connectivity index (χ3n) is 2.33. The molecule has 0 aliphatic heterocycles. The van der Waals surface area contributed by atoms with Crippen LogP contribution in [0.3, 0.4) is 0 Å². The molecule has 0 spiro atoms. The molecule has 102 valence electrons. The molecule has 0 aliphatic rings. The molecule has 0 radical (unpaired) electrons. The van der Waals surface area contributed by atoms with Crippen LogP contribution in [-0.2, 0) is 4.79 Å². The van der Waals surface area contributed by atoms with Crippen LogP contribution in [0.1, 0.15) is 30.9 Å². The standard InChI is InChI=1S/C13H18N4OS/c1-8(2)6-15-12(18)7-19-13-11(5-14)9(3)16-10(4)17-13/h8H,6-7H2,1-4H3,(H,15,18). The van der Waals surface area contributed by atoms with Crippen LogP contribution in [-0.4, -0.2) is 28.2 Å². The van der Waals surface area contributed by atoms with Gasteiger partial charge in [0.2, 0.25) is 5.91 Å². The normalized spacial score (nSPS) is 10.3. The van der Waals surface area contributed by atoms with Gasteiger partial charge in [-0.2, -0.15) is 5.26 Å². The van der Waals surface area contributed by atoms with Crippen LogP contribution < -0.4 is 5.32 Å². The third-order valence-corrected chi connectivity index (χ3v) is 3.30. The molecule has 0 fully saturated rings. The Balaban J connectivity index is 2.68. The average molecular weight is 278 g/mol.